The van der Waals surface area contributed by atoms with Crippen LogP contribution in [0.3, 0.4) is 0 Å². The Hall–Kier alpha value is -2.25. The van der Waals surface area contributed by atoms with Crippen molar-refractivity contribution in [2.45, 2.75) is 26.3 Å². The van der Waals surface area contributed by atoms with Crippen LogP contribution in [0, 0.1) is 0 Å². The zero-order chi connectivity index (χ0) is 20.0. The van der Waals surface area contributed by atoms with Crippen LogP contribution in [-0.2, 0) is 14.8 Å². The van der Waals surface area contributed by atoms with Crippen molar-refractivity contribution in [3.63, 3.8) is 0 Å². The third kappa shape index (κ3) is 5.37. The second kappa shape index (κ2) is 9.10. The first-order valence-corrected chi connectivity index (χ1v) is 10.8. The van der Waals surface area contributed by atoms with E-state index in [0.717, 1.165) is 10.6 Å². The summed E-state index contributed by atoms with van der Waals surface area (Å²) in [6.07, 6.45) is 1.37. The Morgan fingerprint density at radius 3 is 2.30 bits per heavy atom. The molecule has 0 unspecified atom stereocenters. The van der Waals surface area contributed by atoms with Gasteiger partial charge in [0.1, 0.15) is 11.8 Å². The molecule has 0 heterocycles. The van der Waals surface area contributed by atoms with Gasteiger partial charge in [0.15, 0.2) is 0 Å². The fourth-order valence-electron chi connectivity index (χ4n) is 2.69. The molecule has 0 aromatic heterocycles. The number of carbonyl (C=O) groups is 1. The number of para-hydroxylation sites is 1. The highest BCUT2D eigenvalue weighted by Gasteiger charge is 2.31. The minimum absolute atomic E-state index is 0.288. The molecule has 2 aromatic rings. The molecule has 0 aliphatic rings. The highest BCUT2D eigenvalue weighted by Crippen LogP contribution is 2.27. The third-order valence-electron chi connectivity index (χ3n) is 3.86. The zero-order valence-electron chi connectivity index (χ0n) is 15.5. The highest BCUT2D eigenvalue weighted by molar-refractivity contribution is 7.92. The average molecular weight is 411 g/mol. The van der Waals surface area contributed by atoms with Crippen molar-refractivity contribution < 1.29 is 17.9 Å². The van der Waals surface area contributed by atoms with E-state index in [1.54, 1.807) is 55.5 Å². The summed E-state index contributed by atoms with van der Waals surface area (Å²) in [7, 11) is -3.70. The number of anilines is 2. The van der Waals surface area contributed by atoms with E-state index in [1.807, 2.05) is 6.92 Å². The van der Waals surface area contributed by atoms with E-state index in [2.05, 4.69) is 5.32 Å². The second-order valence-corrected chi connectivity index (χ2v) is 8.15. The molecular weight excluding hydrogens is 388 g/mol. The van der Waals surface area contributed by atoms with Gasteiger partial charge < -0.3 is 10.1 Å². The molecule has 0 radical (unpaired) electrons. The number of halogens is 1. The van der Waals surface area contributed by atoms with Crippen LogP contribution in [0.1, 0.15) is 20.3 Å². The SMILES string of the molecule is CCOc1ccc(N([C@H](CC)C(=O)Nc2ccccc2Cl)S(C)(=O)=O)cc1. The molecule has 1 atom stereocenters. The van der Waals surface area contributed by atoms with Crippen molar-refractivity contribution in [1.29, 1.82) is 0 Å². The summed E-state index contributed by atoms with van der Waals surface area (Å²) in [5.41, 5.74) is 0.824. The summed E-state index contributed by atoms with van der Waals surface area (Å²) in [5.74, 6) is 0.174. The number of nitrogens with one attached hydrogen (secondary N) is 1. The molecule has 1 N–H and O–H groups in total. The van der Waals surface area contributed by atoms with Gasteiger partial charge in [0.25, 0.3) is 0 Å². The summed E-state index contributed by atoms with van der Waals surface area (Å²) in [6, 6.07) is 12.5. The molecule has 146 valence electrons. The monoisotopic (exact) mass is 410 g/mol. The molecule has 8 heteroatoms. The maximum Gasteiger partial charge on any atom is 0.248 e. The number of nitrogens with zero attached hydrogens (tertiary/aromatic N) is 1. The first kappa shape index (κ1) is 21.1. The van der Waals surface area contributed by atoms with Gasteiger partial charge in [-0.15, -0.1) is 0 Å². The van der Waals surface area contributed by atoms with Gasteiger partial charge in [-0.05, 0) is 49.7 Å². The van der Waals surface area contributed by atoms with Crippen molar-refractivity contribution in [2.75, 3.05) is 22.5 Å². The number of hydrogen-bond acceptors (Lipinski definition) is 4. The van der Waals surface area contributed by atoms with E-state index in [9.17, 15) is 13.2 Å². The number of rotatable bonds is 8. The molecule has 0 aliphatic heterocycles. The van der Waals surface area contributed by atoms with E-state index < -0.39 is 22.0 Å². The molecule has 0 fully saturated rings. The Balaban J connectivity index is 2.35. The Labute approximate surface area is 165 Å². The molecule has 0 spiro atoms. The molecule has 1 amide bonds. The molecule has 2 rings (SSSR count). The first-order chi connectivity index (χ1) is 12.8. The first-order valence-electron chi connectivity index (χ1n) is 8.55. The number of carbonyl (C=O) groups excluding carboxylic acids is 1. The van der Waals surface area contributed by atoms with Crippen molar-refractivity contribution in [1.82, 2.24) is 0 Å². The standard InChI is InChI=1S/C19H23ClN2O4S/c1-4-18(19(23)21-17-9-7-6-8-16(17)20)22(27(3,24)25)14-10-12-15(13-11-14)26-5-2/h6-13,18H,4-5H2,1-3H3,(H,21,23)/t18-/m1/s1. The number of amides is 1. The summed E-state index contributed by atoms with van der Waals surface area (Å²) >= 11 is 6.09. The lowest BCUT2D eigenvalue weighted by Gasteiger charge is -2.30. The van der Waals surface area contributed by atoms with Crippen molar-refractivity contribution >= 4 is 38.9 Å². The minimum atomic E-state index is -3.70. The van der Waals surface area contributed by atoms with Gasteiger partial charge in [-0.3, -0.25) is 9.10 Å². The molecule has 0 saturated heterocycles. The molecule has 2 aromatic carbocycles. The molecule has 0 bridgehead atoms. The summed E-state index contributed by atoms with van der Waals surface area (Å²) in [5, 5.41) is 3.10. The number of benzene rings is 2. The van der Waals surface area contributed by atoms with Crippen molar-refractivity contribution in [3.8, 4) is 5.75 Å². The van der Waals surface area contributed by atoms with E-state index >= 15 is 0 Å². The fourth-order valence-corrected chi connectivity index (χ4v) is 4.09. The molecule has 27 heavy (non-hydrogen) atoms. The van der Waals surface area contributed by atoms with Gasteiger partial charge >= 0.3 is 0 Å². The smallest absolute Gasteiger partial charge is 0.248 e. The van der Waals surface area contributed by atoms with Crippen LogP contribution in [0.5, 0.6) is 5.75 Å². The van der Waals surface area contributed by atoms with E-state index in [0.29, 0.717) is 28.8 Å². The number of ether oxygens (including phenoxy) is 1. The Morgan fingerprint density at radius 1 is 1.15 bits per heavy atom. The van der Waals surface area contributed by atoms with Crippen LogP contribution in [0.4, 0.5) is 11.4 Å². The lowest BCUT2D eigenvalue weighted by Crippen LogP contribution is -2.47. The quantitative estimate of drug-likeness (QED) is 0.715. The van der Waals surface area contributed by atoms with E-state index in [4.69, 9.17) is 16.3 Å². The van der Waals surface area contributed by atoms with Crippen LogP contribution in [0.25, 0.3) is 0 Å². The number of hydrogen-bond donors (Lipinski definition) is 1. The van der Waals surface area contributed by atoms with E-state index in [-0.39, 0.29) is 6.42 Å². The topological polar surface area (TPSA) is 75.7 Å². The van der Waals surface area contributed by atoms with Crippen molar-refractivity contribution in [3.05, 3.63) is 53.6 Å². The minimum Gasteiger partial charge on any atom is -0.494 e. The molecule has 0 aliphatic carbocycles. The molecule has 0 saturated carbocycles. The van der Waals surface area contributed by atoms with Gasteiger partial charge in [0.05, 0.1) is 29.3 Å². The normalized spacial score (nSPS) is 12.3. The van der Waals surface area contributed by atoms with Gasteiger partial charge in [-0.1, -0.05) is 30.7 Å². The van der Waals surface area contributed by atoms with Crippen LogP contribution >= 0.6 is 11.6 Å². The molecule has 6 nitrogen and oxygen atoms in total. The third-order valence-corrected chi connectivity index (χ3v) is 5.37. The maximum absolute atomic E-state index is 12.8. The van der Waals surface area contributed by atoms with Gasteiger partial charge in [-0.25, -0.2) is 8.42 Å². The lowest BCUT2D eigenvalue weighted by atomic mass is 10.1. The predicted octanol–water partition coefficient (Wildman–Crippen LogP) is 3.92. The Bertz CT molecular complexity index is 885. The van der Waals surface area contributed by atoms with Crippen LogP contribution in [-0.4, -0.2) is 33.2 Å². The van der Waals surface area contributed by atoms with Gasteiger partial charge in [-0.2, -0.15) is 0 Å². The van der Waals surface area contributed by atoms with Gasteiger partial charge in [0, 0.05) is 0 Å². The predicted molar refractivity (Wildman–Crippen MR) is 109 cm³/mol. The molecular formula is C19H23ClN2O4S. The van der Waals surface area contributed by atoms with Gasteiger partial charge in [0.2, 0.25) is 15.9 Å². The summed E-state index contributed by atoms with van der Waals surface area (Å²) in [4.78, 5) is 12.8. The Kier molecular flexibility index (Phi) is 7.10. The fraction of sp³-hybridized carbons (Fsp3) is 0.316. The van der Waals surface area contributed by atoms with Crippen molar-refractivity contribution in [2.24, 2.45) is 0 Å². The van der Waals surface area contributed by atoms with E-state index in [1.165, 1.54) is 0 Å². The lowest BCUT2D eigenvalue weighted by molar-refractivity contribution is -0.117. The largest absolute Gasteiger partial charge is 0.494 e. The van der Waals surface area contributed by atoms with Crippen LogP contribution < -0.4 is 14.4 Å². The summed E-state index contributed by atoms with van der Waals surface area (Å²) in [6.45, 7) is 4.12. The Morgan fingerprint density at radius 2 is 1.78 bits per heavy atom. The maximum atomic E-state index is 12.8. The highest BCUT2D eigenvalue weighted by atomic mass is 35.5. The second-order valence-electron chi connectivity index (χ2n) is 5.88. The average Bonchev–Trinajstić information content (AvgIpc) is 2.61. The van der Waals surface area contributed by atoms with Crippen LogP contribution in [0.15, 0.2) is 48.5 Å². The zero-order valence-corrected chi connectivity index (χ0v) is 17.0. The van der Waals surface area contributed by atoms with Crippen LogP contribution in [0.2, 0.25) is 5.02 Å². The summed E-state index contributed by atoms with van der Waals surface area (Å²) < 4.78 is 31.4. The number of sulfonamides is 1.